The molecule has 2 unspecified atom stereocenters. The van der Waals surface area contributed by atoms with Gasteiger partial charge >= 0.3 is 0 Å². The van der Waals surface area contributed by atoms with Crippen molar-refractivity contribution in [2.45, 2.75) is 37.9 Å². The van der Waals surface area contributed by atoms with Crippen molar-refractivity contribution in [2.75, 3.05) is 0 Å². The zero-order valence-electron chi connectivity index (χ0n) is 14.3. The van der Waals surface area contributed by atoms with Crippen LogP contribution in [0.2, 0.25) is 0 Å². The molecule has 4 nitrogen and oxygen atoms in total. The number of benzene rings is 2. The van der Waals surface area contributed by atoms with E-state index in [0.29, 0.717) is 6.54 Å². The molecule has 1 heterocycles. The van der Waals surface area contributed by atoms with Crippen molar-refractivity contribution >= 4 is 11.8 Å². The van der Waals surface area contributed by atoms with Crippen molar-refractivity contribution in [1.82, 2.24) is 10.2 Å². The van der Waals surface area contributed by atoms with Gasteiger partial charge in [0.05, 0.1) is 0 Å². The number of hydrogen-bond donors (Lipinski definition) is 1. The number of hydrogen-bond acceptors (Lipinski definition) is 2. The molecule has 1 aliphatic carbocycles. The summed E-state index contributed by atoms with van der Waals surface area (Å²) in [6.45, 7) is 2.28. The third-order valence-electron chi connectivity index (χ3n) is 5.41. The third kappa shape index (κ3) is 2.72. The van der Waals surface area contributed by atoms with Crippen LogP contribution in [0.15, 0.2) is 60.7 Å². The highest BCUT2D eigenvalue weighted by Crippen LogP contribution is 2.40. The van der Waals surface area contributed by atoms with Crippen molar-refractivity contribution in [3.05, 3.63) is 71.8 Å². The predicted octanol–water partition coefficient (Wildman–Crippen LogP) is 2.84. The fourth-order valence-electron chi connectivity index (χ4n) is 3.66. The summed E-state index contributed by atoms with van der Waals surface area (Å²) in [5.41, 5.74) is 0.868. The second kappa shape index (κ2) is 6.03. The van der Waals surface area contributed by atoms with E-state index in [1.165, 1.54) is 0 Å². The lowest BCUT2D eigenvalue weighted by atomic mass is 9.84. The molecular formula is C21H22N2O2. The number of nitrogens with zero attached hydrogens (tertiary/aromatic N) is 1. The Labute approximate surface area is 147 Å². The molecule has 2 atom stereocenters. The first kappa shape index (κ1) is 15.9. The standard InChI is InChI=1S/C21H22N2O2/c1-21(17-10-6-3-7-11-17)20(25)22-18(16-12-13-16)19(24)23(21)14-15-8-4-2-5-9-15/h2-11,16,18H,12-14H2,1H3,(H,22,25). The van der Waals surface area contributed by atoms with Crippen LogP contribution in [0.3, 0.4) is 0 Å². The minimum Gasteiger partial charge on any atom is -0.342 e. The van der Waals surface area contributed by atoms with Gasteiger partial charge in [-0.05, 0) is 36.8 Å². The van der Waals surface area contributed by atoms with Crippen LogP contribution in [0, 0.1) is 5.92 Å². The lowest BCUT2D eigenvalue weighted by molar-refractivity contribution is -0.158. The summed E-state index contributed by atoms with van der Waals surface area (Å²) >= 11 is 0. The second-order valence-electron chi connectivity index (χ2n) is 7.14. The maximum Gasteiger partial charge on any atom is 0.251 e. The lowest BCUT2D eigenvalue weighted by Crippen LogP contribution is -2.67. The van der Waals surface area contributed by atoms with Gasteiger partial charge in [0.25, 0.3) is 5.91 Å². The number of carbonyl (C=O) groups is 2. The van der Waals surface area contributed by atoms with E-state index >= 15 is 0 Å². The van der Waals surface area contributed by atoms with Crippen molar-refractivity contribution in [2.24, 2.45) is 5.92 Å². The van der Waals surface area contributed by atoms with Crippen LogP contribution in [0.1, 0.15) is 30.9 Å². The SMILES string of the molecule is CC1(c2ccccc2)C(=O)NC(C2CC2)C(=O)N1Cc1ccccc1. The van der Waals surface area contributed by atoms with Gasteiger partial charge in [0.1, 0.15) is 11.6 Å². The van der Waals surface area contributed by atoms with E-state index < -0.39 is 5.54 Å². The van der Waals surface area contributed by atoms with Crippen LogP contribution < -0.4 is 5.32 Å². The summed E-state index contributed by atoms with van der Waals surface area (Å²) in [7, 11) is 0. The highest BCUT2D eigenvalue weighted by molar-refractivity contribution is 6.00. The van der Waals surface area contributed by atoms with Gasteiger partial charge in [-0.3, -0.25) is 9.59 Å². The van der Waals surface area contributed by atoms with Crippen LogP contribution in [0.5, 0.6) is 0 Å². The maximum atomic E-state index is 13.3. The summed E-state index contributed by atoms with van der Waals surface area (Å²) in [6, 6.07) is 19.1. The molecular weight excluding hydrogens is 312 g/mol. The monoisotopic (exact) mass is 334 g/mol. The Kier molecular flexibility index (Phi) is 3.83. The summed E-state index contributed by atoms with van der Waals surface area (Å²) in [6.07, 6.45) is 2.02. The molecule has 1 aliphatic heterocycles. The Morgan fingerprint density at radius 2 is 1.60 bits per heavy atom. The quantitative estimate of drug-likeness (QED) is 0.935. The highest BCUT2D eigenvalue weighted by atomic mass is 16.2. The smallest absolute Gasteiger partial charge is 0.251 e. The van der Waals surface area contributed by atoms with Crippen molar-refractivity contribution in [1.29, 1.82) is 0 Å². The molecule has 128 valence electrons. The van der Waals surface area contributed by atoms with E-state index in [9.17, 15) is 9.59 Å². The number of rotatable bonds is 4. The zero-order chi connectivity index (χ0) is 17.4. The number of carbonyl (C=O) groups excluding carboxylic acids is 2. The van der Waals surface area contributed by atoms with Crippen molar-refractivity contribution < 1.29 is 9.59 Å². The first-order valence-electron chi connectivity index (χ1n) is 8.82. The number of piperazine rings is 1. The molecule has 0 spiro atoms. The molecule has 2 aromatic rings. The fraction of sp³-hybridized carbons (Fsp3) is 0.333. The minimum absolute atomic E-state index is 0.0253. The molecule has 2 fully saturated rings. The van der Waals surface area contributed by atoms with Crippen LogP contribution in [0.25, 0.3) is 0 Å². The molecule has 1 saturated carbocycles. The van der Waals surface area contributed by atoms with E-state index in [-0.39, 0.29) is 23.8 Å². The Hall–Kier alpha value is -2.62. The van der Waals surface area contributed by atoms with Crippen LogP contribution in [-0.2, 0) is 21.7 Å². The van der Waals surface area contributed by atoms with Crippen LogP contribution in [-0.4, -0.2) is 22.8 Å². The summed E-state index contributed by atoms with van der Waals surface area (Å²) in [4.78, 5) is 28.1. The van der Waals surface area contributed by atoms with Crippen molar-refractivity contribution in [3.8, 4) is 0 Å². The lowest BCUT2D eigenvalue weighted by Gasteiger charge is -2.46. The predicted molar refractivity (Wildman–Crippen MR) is 95.4 cm³/mol. The van der Waals surface area contributed by atoms with E-state index in [1.54, 1.807) is 4.90 Å². The van der Waals surface area contributed by atoms with Crippen LogP contribution >= 0.6 is 0 Å². The molecule has 1 N–H and O–H groups in total. The normalized spacial score (nSPS) is 26.4. The topological polar surface area (TPSA) is 49.4 Å². The number of amides is 2. The van der Waals surface area contributed by atoms with E-state index in [1.807, 2.05) is 67.6 Å². The summed E-state index contributed by atoms with van der Waals surface area (Å²) < 4.78 is 0. The average Bonchev–Trinajstić information content (AvgIpc) is 3.48. The second-order valence-corrected chi connectivity index (χ2v) is 7.14. The average molecular weight is 334 g/mol. The first-order chi connectivity index (χ1) is 12.1. The molecule has 1 saturated heterocycles. The van der Waals surface area contributed by atoms with Crippen LogP contribution in [0.4, 0.5) is 0 Å². The Morgan fingerprint density at radius 1 is 1.00 bits per heavy atom. The fourth-order valence-corrected chi connectivity index (χ4v) is 3.66. The molecule has 4 heteroatoms. The molecule has 0 aromatic heterocycles. The third-order valence-corrected chi connectivity index (χ3v) is 5.41. The molecule has 25 heavy (non-hydrogen) atoms. The van der Waals surface area contributed by atoms with Gasteiger partial charge in [-0.15, -0.1) is 0 Å². The Morgan fingerprint density at radius 3 is 2.20 bits per heavy atom. The van der Waals surface area contributed by atoms with Gasteiger partial charge in [-0.1, -0.05) is 60.7 Å². The minimum atomic E-state index is -1.00. The zero-order valence-corrected chi connectivity index (χ0v) is 14.3. The summed E-state index contributed by atoms with van der Waals surface area (Å²) in [5, 5.41) is 3.00. The molecule has 2 aromatic carbocycles. The largest absolute Gasteiger partial charge is 0.342 e. The Balaban J connectivity index is 1.76. The molecule has 2 aliphatic rings. The van der Waals surface area contributed by atoms with E-state index in [2.05, 4.69) is 5.32 Å². The van der Waals surface area contributed by atoms with Gasteiger partial charge in [0.2, 0.25) is 5.91 Å². The molecule has 0 radical (unpaired) electrons. The van der Waals surface area contributed by atoms with Gasteiger partial charge in [0.15, 0.2) is 0 Å². The van der Waals surface area contributed by atoms with Gasteiger partial charge in [0, 0.05) is 6.54 Å². The molecule has 2 amide bonds. The summed E-state index contributed by atoms with van der Waals surface area (Å²) in [5.74, 6) is 0.221. The first-order valence-corrected chi connectivity index (χ1v) is 8.82. The van der Waals surface area contributed by atoms with E-state index in [4.69, 9.17) is 0 Å². The Bertz CT molecular complexity index is 786. The number of nitrogens with one attached hydrogen (secondary N) is 1. The maximum absolute atomic E-state index is 13.3. The molecule has 0 bridgehead atoms. The van der Waals surface area contributed by atoms with Gasteiger partial charge in [-0.25, -0.2) is 0 Å². The molecule has 4 rings (SSSR count). The van der Waals surface area contributed by atoms with Crippen molar-refractivity contribution in [3.63, 3.8) is 0 Å². The van der Waals surface area contributed by atoms with E-state index in [0.717, 1.165) is 24.0 Å². The van der Waals surface area contributed by atoms with Gasteiger partial charge < -0.3 is 10.2 Å². The highest BCUT2D eigenvalue weighted by Gasteiger charge is 2.53. The van der Waals surface area contributed by atoms with Gasteiger partial charge in [-0.2, -0.15) is 0 Å².